The lowest BCUT2D eigenvalue weighted by molar-refractivity contribution is 0.0986. The van der Waals surface area contributed by atoms with E-state index in [4.69, 9.17) is 0 Å². The summed E-state index contributed by atoms with van der Waals surface area (Å²) in [6.07, 6.45) is 3.08. The van der Waals surface area contributed by atoms with E-state index in [2.05, 4.69) is 5.32 Å². The van der Waals surface area contributed by atoms with Crippen LogP contribution in [0.3, 0.4) is 0 Å². The van der Waals surface area contributed by atoms with Crippen LogP contribution in [0, 0.1) is 5.82 Å². The van der Waals surface area contributed by atoms with Crippen molar-refractivity contribution >= 4 is 34.5 Å². The number of anilines is 2. The zero-order chi connectivity index (χ0) is 19.5. The standard InChI is InChI=1S/C22H19FN2O2S/c23-17-5-3-4-16(14-17)21(26)24-18-9-7-15(8-10-18)22(27)25-12-2-1-6-20-19(25)11-13-28-20/h3-5,7-11,13-14H,1-2,6,12H2,(H,24,26). The van der Waals surface area contributed by atoms with E-state index in [0.29, 0.717) is 17.8 Å². The van der Waals surface area contributed by atoms with Gasteiger partial charge < -0.3 is 10.2 Å². The topological polar surface area (TPSA) is 49.4 Å². The number of carbonyl (C=O) groups excluding carboxylic acids is 2. The van der Waals surface area contributed by atoms with Gasteiger partial charge in [-0.3, -0.25) is 9.59 Å². The maximum atomic E-state index is 13.3. The maximum absolute atomic E-state index is 13.3. The highest BCUT2D eigenvalue weighted by molar-refractivity contribution is 7.10. The van der Waals surface area contributed by atoms with Crippen LogP contribution in [0.2, 0.25) is 0 Å². The summed E-state index contributed by atoms with van der Waals surface area (Å²) in [6, 6.07) is 14.3. The maximum Gasteiger partial charge on any atom is 0.258 e. The van der Waals surface area contributed by atoms with Crippen LogP contribution >= 0.6 is 11.3 Å². The van der Waals surface area contributed by atoms with E-state index in [1.165, 1.54) is 23.1 Å². The van der Waals surface area contributed by atoms with Gasteiger partial charge in [-0.05, 0) is 73.2 Å². The molecule has 0 bridgehead atoms. The number of benzene rings is 2. The van der Waals surface area contributed by atoms with Gasteiger partial charge in [0.05, 0.1) is 5.69 Å². The number of hydrogen-bond donors (Lipinski definition) is 1. The molecule has 142 valence electrons. The zero-order valence-corrected chi connectivity index (χ0v) is 16.0. The molecule has 0 atom stereocenters. The van der Waals surface area contributed by atoms with Gasteiger partial charge in [0.25, 0.3) is 11.8 Å². The van der Waals surface area contributed by atoms with Crippen LogP contribution < -0.4 is 10.2 Å². The summed E-state index contributed by atoms with van der Waals surface area (Å²) >= 11 is 1.70. The molecule has 1 N–H and O–H groups in total. The molecule has 2 heterocycles. The minimum Gasteiger partial charge on any atom is -0.322 e. The third-order valence-electron chi connectivity index (χ3n) is 4.77. The Labute approximate surface area is 166 Å². The third-order valence-corrected chi connectivity index (χ3v) is 5.74. The second kappa shape index (κ2) is 7.94. The second-order valence-electron chi connectivity index (χ2n) is 6.68. The minimum atomic E-state index is -0.459. The molecule has 2 amide bonds. The summed E-state index contributed by atoms with van der Waals surface area (Å²) in [5.74, 6) is -0.891. The van der Waals surface area contributed by atoms with Gasteiger partial charge in [0.15, 0.2) is 0 Å². The molecule has 0 radical (unpaired) electrons. The summed E-state index contributed by atoms with van der Waals surface area (Å²) < 4.78 is 13.3. The Hall–Kier alpha value is -2.99. The molecule has 2 aromatic carbocycles. The lowest BCUT2D eigenvalue weighted by Crippen LogP contribution is -2.31. The van der Waals surface area contributed by atoms with Gasteiger partial charge in [-0.1, -0.05) is 6.07 Å². The summed E-state index contributed by atoms with van der Waals surface area (Å²) in [7, 11) is 0. The average molecular weight is 394 g/mol. The molecule has 0 spiro atoms. The van der Waals surface area contributed by atoms with Crippen molar-refractivity contribution in [2.24, 2.45) is 0 Å². The number of fused-ring (bicyclic) bond motifs is 1. The molecule has 1 aliphatic rings. The van der Waals surface area contributed by atoms with Crippen molar-refractivity contribution in [3.63, 3.8) is 0 Å². The Bertz CT molecular complexity index is 1010. The third kappa shape index (κ3) is 3.82. The van der Waals surface area contributed by atoms with Gasteiger partial charge in [0.1, 0.15) is 5.82 Å². The Morgan fingerprint density at radius 1 is 1.00 bits per heavy atom. The van der Waals surface area contributed by atoms with E-state index in [-0.39, 0.29) is 11.5 Å². The number of nitrogens with zero attached hydrogens (tertiary/aromatic N) is 1. The second-order valence-corrected chi connectivity index (χ2v) is 7.69. The molecule has 0 saturated heterocycles. The van der Waals surface area contributed by atoms with Crippen LogP contribution in [-0.4, -0.2) is 18.4 Å². The van der Waals surface area contributed by atoms with E-state index in [0.717, 1.165) is 24.9 Å². The lowest BCUT2D eigenvalue weighted by Gasteiger charge is -2.21. The van der Waals surface area contributed by atoms with Crippen LogP contribution in [-0.2, 0) is 6.42 Å². The van der Waals surface area contributed by atoms with E-state index in [1.54, 1.807) is 41.7 Å². The van der Waals surface area contributed by atoms with Crippen molar-refractivity contribution in [1.29, 1.82) is 0 Å². The molecule has 0 unspecified atom stereocenters. The molecule has 28 heavy (non-hydrogen) atoms. The summed E-state index contributed by atoms with van der Waals surface area (Å²) in [6.45, 7) is 0.709. The molecule has 0 aliphatic carbocycles. The summed E-state index contributed by atoms with van der Waals surface area (Å²) in [4.78, 5) is 28.3. The Balaban J connectivity index is 1.49. The first-order valence-corrected chi connectivity index (χ1v) is 10.0. The number of thiophene rings is 1. The van der Waals surface area contributed by atoms with Gasteiger partial charge in [-0.15, -0.1) is 11.3 Å². The molecule has 0 saturated carbocycles. The molecule has 1 aromatic heterocycles. The van der Waals surface area contributed by atoms with Crippen molar-refractivity contribution in [3.8, 4) is 0 Å². The number of halogens is 1. The molecular weight excluding hydrogens is 375 g/mol. The number of nitrogens with one attached hydrogen (secondary N) is 1. The van der Waals surface area contributed by atoms with Gasteiger partial charge in [-0.2, -0.15) is 0 Å². The van der Waals surface area contributed by atoms with Crippen LogP contribution in [0.15, 0.2) is 60.0 Å². The fourth-order valence-corrected chi connectivity index (χ4v) is 4.26. The van der Waals surface area contributed by atoms with Crippen molar-refractivity contribution in [1.82, 2.24) is 0 Å². The minimum absolute atomic E-state index is 0.0374. The molecule has 4 rings (SSSR count). The molecule has 1 aliphatic heterocycles. The van der Waals surface area contributed by atoms with Crippen molar-refractivity contribution < 1.29 is 14.0 Å². The van der Waals surface area contributed by atoms with Crippen LogP contribution in [0.1, 0.15) is 38.4 Å². The fraction of sp³-hybridized carbons (Fsp3) is 0.182. The number of aryl methyl sites for hydroxylation is 1. The molecular formula is C22H19FN2O2S. The van der Waals surface area contributed by atoms with Crippen LogP contribution in [0.4, 0.5) is 15.8 Å². The molecule has 3 aromatic rings. The Morgan fingerprint density at radius 2 is 1.82 bits per heavy atom. The zero-order valence-electron chi connectivity index (χ0n) is 15.2. The van der Waals surface area contributed by atoms with Crippen molar-refractivity contribution in [3.05, 3.63) is 81.8 Å². The first-order chi connectivity index (χ1) is 13.6. The van der Waals surface area contributed by atoms with Crippen LogP contribution in [0.25, 0.3) is 0 Å². The fourth-order valence-electron chi connectivity index (χ4n) is 3.33. The largest absolute Gasteiger partial charge is 0.322 e. The van der Waals surface area contributed by atoms with E-state index >= 15 is 0 Å². The number of amides is 2. The van der Waals surface area contributed by atoms with Gasteiger partial charge in [-0.25, -0.2) is 4.39 Å². The highest BCUT2D eigenvalue weighted by atomic mass is 32.1. The van der Waals surface area contributed by atoms with E-state index in [9.17, 15) is 14.0 Å². The smallest absolute Gasteiger partial charge is 0.258 e. The van der Waals surface area contributed by atoms with Crippen LogP contribution in [0.5, 0.6) is 0 Å². The number of carbonyl (C=O) groups is 2. The normalized spacial score (nSPS) is 13.5. The van der Waals surface area contributed by atoms with Gasteiger partial charge >= 0.3 is 0 Å². The Morgan fingerprint density at radius 3 is 2.61 bits per heavy atom. The molecule has 6 heteroatoms. The highest BCUT2D eigenvalue weighted by Crippen LogP contribution is 2.32. The number of hydrogen-bond acceptors (Lipinski definition) is 3. The first-order valence-electron chi connectivity index (χ1n) is 9.17. The monoisotopic (exact) mass is 394 g/mol. The number of rotatable bonds is 3. The summed E-state index contributed by atoms with van der Waals surface area (Å²) in [5, 5.41) is 4.75. The van der Waals surface area contributed by atoms with Crippen molar-refractivity contribution in [2.75, 3.05) is 16.8 Å². The van der Waals surface area contributed by atoms with Crippen molar-refractivity contribution in [2.45, 2.75) is 19.3 Å². The quantitative estimate of drug-likeness (QED) is 0.670. The highest BCUT2D eigenvalue weighted by Gasteiger charge is 2.23. The average Bonchev–Trinajstić information content (AvgIpc) is 3.07. The SMILES string of the molecule is O=C(Nc1ccc(C(=O)N2CCCCc3sccc32)cc1)c1cccc(F)c1. The lowest BCUT2D eigenvalue weighted by atomic mass is 10.1. The van der Waals surface area contributed by atoms with E-state index < -0.39 is 11.7 Å². The molecule has 4 nitrogen and oxygen atoms in total. The predicted molar refractivity (Wildman–Crippen MR) is 110 cm³/mol. The van der Waals surface area contributed by atoms with E-state index in [1.807, 2.05) is 16.3 Å². The summed E-state index contributed by atoms with van der Waals surface area (Å²) in [5.41, 5.74) is 2.38. The van der Waals surface area contributed by atoms with Gasteiger partial charge in [0, 0.05) is 28.2 Å². The van der Waals surface area contributed by atoms with Gasteiger partial charge in [0.2, 0.25) is 0 Å². The Kier molecular flexibility index (Phi) is 5.21. The molecule has 0 fully saturated rings. The first kappa shape index (κ1) is 18.4. The predicted octanol–water partition coefficient (Wildman–Crippen LogP) is 5.12.